The molecule has 0 saturated carbocycles. The van der Waals surface area contributed by atoms with Crippen molar-refractivity contribution >= 4 is 63.3 Å². The number of pyridine rings is 1. The van der Waals surface area contributed by atoms with Crippen LogP contribution in [0.3, 0.4) is 0 Å². The van der Waals surface area contributed by atoms with E-state index in [-0.39, 0.29) is 23.6 Å². The largest absolute Gasteiger partial charge is 0.467 e. The fourth-order valence-electron chi connectivity index (χ4n) is 3.72. The van der Waals surface area contributed by atoms with Crippen LogP contribution in [0.1, 0.15) is 22.5 Å². The first-order valence-corrected chi connectivity index (χ1v) is 12.3. The minimum absolute atomic E-state index is 0.249. The highest BCUT2D eigenvalue weighted by atomic mass is 35.5. The topological polar surface area (TPSA) is 79.9 Å². The van der Waals surface area contributed by atoms with E-state index in [1.807, 2.05) is 37.3 Å². The Bertz CT molecular complexity index is 1550. The number of thiocarbonyl (C=S) groups is 1. The van der Waals surface area contributed by atoms with Gasteiger partial charge in [0.25, 0.3) is 11.5 Å². The predicted octanol–water partition coefficient (Wildman–Crippen LogP) is 5.26. The van der Waals surface area contributed by atoms with Crippen molar-refractivity contribution in [3.8, 4) is 0 Å². The fourth-order valence-corrected chi connectivity index (χ4v) is 5.16. The maximum Gasteiger partial charge on any atom is 0.267 e. The quantitative estimate of drug-likeness (QED) is 0.273. The Hall–Kier alpha value is -3.40. The number of thioether (sulfide) groups is 1. The monoisotopic (exact) mass is 522 g/mol. The van der Waals surface area contributed by atoms with Crippen LogP contribution in [0.2, 0.25) is 5.02 Å². The van der Waals surface area contributed by atoms with E-state index < -0.39 is 0 Å². The zero-order valence-corrected chi connectivity index (χ0v) is 20.9. The summed E-state index contributed by atoms with van der Waals surface area (Å²) in [5, 5.41) is 3.74. The molecule has 0 unspecified atom stereocenters. The molecule has 1 fully saturated rings. The molecule has 7 nitrogen and oxygen atoms in total. The third-order valence-electron chi connectivity index (χ3n) is 5.53. The van der Waals surface area contributed by atoms with E-state index in [1.165, 1.54) is 9.30 Å². The van der Waals surface area contributed by atoms with Crippen LogP contribution >= 0.6 is 35.6 Å². The summed E-state index contributed by atoms with van der Waals surface area (Å²) in [6, 6.07) is 14.6. The Kier molecular flexibility index (Phi) is 6.46. The minimum atomic E-state index is -0.294. The number of nitrogens with one attached hydrogen (secondary N) is 1. The molecule has 10 heteroatoms. The van der Waals surface area contributed by atoms with Crippen LogP contribution in [0.5, 0.6) is 0 Å². The number of fused-ring (bicyclic) bond motifs is 1. The van der Waals surface area contributed by atoms with Gasteiger partial charge in [0.2, 0.25) is 0 Å². The Morgan fingerprint density at radius 1 is 1.17 bits per heavy atom. The van der Waals surface area contributed by atoms with Crippen molar-refractivity contribution in [2.45, 2.75) is 20.0 Å². The molecule has 1 aromatic carbocycles. The second kappa shape index (κ2) is 9.69. The highest BCUT2D eigenvalue weighted by Gasteiger charge is 2.33. The van der Waals surface area contributed by atoms with E-state index >= 15 is 0 Å². The fraction of sp³-hybridized carbons (Fsp3) is 0.120. The molecule has 0 bridgehead atoms. The van der Waals surface area contributed by atoms with E-state index in [4.69, 9.17) is 33.2 Å². The van der Waals surface area contributed by atoms with Crippen LogP contribution in [-0.4, -0.2) is 24.5 Å². The number of aromatic nitrogens is 2. The molecule has 35 heavy (non-hydrogen) atoms. The molecule has 0 atom stereocenters. The second-order valence-electron chi connectivity index (χ2n) is 7.86. The molecule has 1 amide bonds. The number of anilines is 1. The SMILES string of the molecule is Cc1cccn2c(=O)c(C=C3SC(=S)N(Cc4ccccc4Cl)C3=O)c(NCc3ccco3)nc12. The van der Waals surface area contributed by atoms with Gasteiger partial charge in [0, 0.05) is 11.2 Å². The van der Waals surface area contributed by atoms with Crippen molar-refractivity contribution in [3.63, 3.8) is 0 Å². The van der Waals surface area contributed by atoms with Gasteiger partial charge >= 0.3 is 0 Å². The van der Waals surface area contributed by atoms with Gasteiger partial charge in [-0.25, -0.2) is 4.98 Å². The normalized spacial score (nSPS) is 14.9. The lowest BCUT2D eigenvalue weighted by Crippen LogP contribution is -2.27. The summed E-state index contributed by atoms with van der Waals surface area (Å²) < 4.78 is 7.27. The third kappa shape index (κ3) is 4.62. The molecule has 3 aromatic heterocycles. The molecule has 1 N–H and O–H groups in total. The summed E-state index contributed by atoms with van der Waals surface area (Å²) in [6.07, 6.45) is 4.80. The first-order chi connectivity index (χ1) is 16.9. The smallest absolute Gasteiger partial charge is 0.267 e. The van der Waals surface area contributed by atoms with Crippen LogP contribution in [0.25, 0.3) is 11.7 Å². The first kappa shape index (κ1) is 23.3. The van der Waals surface area contributed by atoms with Gasteiger partial charge in [-0.3, -0.25) is 18.9 Å². The second-order valence-corrected chi connectivity index (χ2v) is 9.94. The summed E-state index contributed by atoms with van der Waals surface area (Å²) in [4.78, 5) is 33.3. The van der Waals surface area contributed by atoms with E-state index in [0.717, 1.165) is 22.9 Å². The molecular formula is C25H19ClN4O3S2. The molecule has 1 aliphatic rings. The molecule has 5 rings (SSSR count). The molecule has 1 aliphatic heterocycles. The van der Waals surface area contributed by atoms with Gasteiger partial charge in [-0.15, -0.1) is 0 Å². The van der Waals surface area contributed by atoms with Crippen molar-refractivity contribution in [1.29, 1.82) is 0 Å². The van der Waals surface area contributed by atoms with Crippen LogP contribution < -0.4 is 10.9 Å². The van der Waals surface area contributed by atoms with Crippen molar-refractivity contribution in [2.75, 3.05) is 5.32 Å². The molecule has 0 aliphatic carbocycles. The predicted molar refractivity (Wildman–Crippen MR) is 142 cm³/mol. The van der Waals surface area contributed by atoms with E-state index in [9.17, 15) is 9.59 Å². The first-order valence-electron chi connectivity index (χ1n) is 10.7. The summed E-state index contributed by atoms with van der Waals surface area (Å²) in [5.74, 6) is 0.761. The number of hydrogen-bond donors (Lipinski definition) is 1. The van der Waals surface area contributed by atoms with E-state index in [2.05, 4.69) is 5.32 Å². The number of carbonyl (C=O) groups excluding carboxylic acids is 1. The number of aryl methyl sites for hydroxylation is 1. The Morgan fingerprint density at radius 2 is 2.00 bits per heavy atom. The van der Waals surface area contributed by atoms with Crippen LogP contribution in [0.4, 0.5) is 5.82 Å². The highest BCUT2D eigenvalue weighted by molar-refractivity contribution is 8.26. The number of carbonyl (C=O) groups is 1. The maximum absolute atomic E-state index is 13.5. The molecular weight excluding hydrogens is 504 g/mol. The Morgan fingerprint density at radius 3 is 2.77 bits per heavy atom. The number of hydrogen-bond acceptors (Lipinski definition) is 7. The lowest BCUT2D eigenvalue weighted by atomic mass is 10.2. The van der Waals surface area contributed by atoms with Crippen molar-refractivity contribution in [2.24, 2.45) is 0 Å². The lowest BCUT2D eigenvalue weighted by Gasteiger charge is -2.15. The van der Waals surface area contributed by atoms with Crippen LogP contribution in [-0.2, 0) is 17.9 Å². The van der Waals surface area contributed by atoms with Gasteiger partial charge in [0.1, 0.15) is 21.5 Å². The third-order valence-corrected chi connectivity index (χ3v) is 7.28. The van der Waals surface area contributed by atoms with Gasteiger partial charge in [0.15, 0.2) is 0 Å². The Balaban J connectivity index is 1.54. The van der Waals surface area contributed by atoms with Gasteiger partial charge in [-0.05, 0) is 48.4 Å². The molecule has 4 aromatic rings. The molecule has 4 heterocycles. The molecule has 1 saturated heterocycles. The summed E-state index contributed by atoms with van der Waals surface area (Å²) in [5.41, 5.74) is 2.14. The summed E-state index contributed by atoms with van der Waals surface area (Å²) >= 11 is 12.9. The summed E-state index contributed by atoms with van der Waals surface area (Å²) in [7, 11) is 0. The van der Waals surface area contributed by atoms with Crippen LogP contribution in [0, 0.1) is 6.92 Å². The van der Waals surface area contributed by atoms with Gasteiger partial charge in [-0.2, -0.15) is 0 Å². The number of rotatable bonds is 6. The van der Waals surface area contributed by atoms with E-state index in [1.54, 1.807) is 36.7 Å². The van der Waals surface area contributed by atoms with Gasteiger partial charge in [-0.1, -0.05) is 59.8 Å². The standard InChI is InChI=1S/C25H19ClN4O3S2/c1-15-6-4-10-29-22(15)28-21(27-13-17-8-5-11-33-17)18(23(29)31)12-20-24(32)30(25(34)35-20)14-16-7-2-3-9-19(16)26/h2-12,27H,13-14H2,1H3. The minimum Gasteiger partial charge on any atom is -0.467 e. The van der Waals surface area contributed by atoms with Crippen molar-refractivity contribution in [1.82, 2.24) is 14.3 Å². The van der Waals surface area contributed by atoms with Gasteiger partial charge < -0.3 is 9.73 Å². The lowest BCUT2D eigenvalue weighted by molar-refractivity contribution is -0.122. The summed E-state index contributed by atoms with van der Waals surface area (Å²) in [6.45, 7) is 2.47. The zero-order valence-electron chi connectivity index (χ0n) is 18.5. The van der Waals surface area contributed by atoms with Gasteiger partial charge in [0.05, 0.1) is 29.8 Å². The number of amides is 1. The van der Waals surface area contributed by atoms with E-state index in [0.29, 0.717) is 38.0 Å². The molecule has 176 valence electrons. The maximum atomic E-state index is 13.5. The van der Waals surface area contributed by atoms with Crippen LogP contribution in [0.15, 0.2) is 75.1 Å². The number of benzene rings is 1. The number of halogens is 1. The highest BCUT2D eigenvalue weighted by Crippen LogP contribution is 2.35. The molecule has 0 radical (unpaired) electrons. The number of nitrogens with zero attached hydrogens (tertiary/aromatic N) is 3. The average molecular weight is 523 g/mol. The number of furan rings is 1. The molecule has 0 spiro atoms. The van der Waals surface area contributed by atoms with Crippen molar-refractivity contribution in [3.05, 3.63) is 104 Å². The average Bonchev–Trinajstić information content (AvgIpc) is 3.45. The van der Waals surface area contributed by atoms with Crippen molar-refractivity contribution < 1.29 is 9.21 Å². The Labute approximate surface area is 215 Å². The zero-order chi connectivity index (χ0) is 24.5.